The van der Waals surface area contributed by atoms with Gasteiger partial charge in [0.2, 0.25) is 0 Å². The maximum absolute atomic E-state index is 10.8. The van der Waals surface area contributed by atoms with Gasteiger partial charge in [-0.2, -0.15) is 0 Å². The predicted octanol–water partition coefficient (Wildman–Crippen LogP) is 2.95. The lowest BCUT2D eigenvalue weighted by Gasteiger charge is -2.05. The highest BCUT2D eigenvalue weighted by Crippen LogP contribution is 2.01. The van der Waals surface area contributed by atoms with Crippen LogP contribution >= 0.6 is 22.6 Å². The summed E-state index contributed by atoms with van der Waals surface area (Å²) >= 11 is 1.77. The van der Waals surface area contributed by atoms with Crippen LogP contribution in [0.4, 0.5) is 0 Å². The van der Waals surface area contributed by atoms with Gasteiger partial charge in [-0.25, -0.2) is 0 Å². The average molecular weight is 314 g/mol. The van der Waals surface area contributed by atoms with Gasteiger partial charge < -0.3 is 4.74 Å². The Morgan fingerprint density at radius 2 is 1.71 bits per heavy atom. The standard InChI is InChI=1S/C7H14O2.C3H5IO/c1-4-6(3)7(8)9-5-2;1-2-3(4)5/h6H,4-5H2,1-3H3;2H2,1H3. The van der Waals surface area contributed by atoms with Crippen LogP contribution in [0.3, 0.4) is 0 Å². The van der Waals surface area contributed by atoms with Crippen molar-refractivity contribution in [3.8, 4) is 0 Å². The number of carbonyl (C=O) groups excluding carboxylic acids is 2. The molecular weight excluding hydrogens is 295 g/mol. The third-order valence-electron chi connectivity index (χ3n) is 1.58. The molecule has 1 atom stereocenters. The van der Waals surface area contributed by atoms with Gasteiger partial charge in [0.25, 0.3) is 0 Å². The van der Waals surface area contributed by atoms with Crippen molar-refractivity contribution in [1.29, 1.82) is 0 Å². The van der Waals surface area contributed by atoms with Gasteiger partial charge in [0.1, 0.15) is 0 Å². The molecule has 0 N–H and O–H groups in total. The van der Waals surface area contributed by atoms with E-state index in [1.165, 1.54) is 0 Å². The van der Waals surface area contributed by atoms with Crippen LogP contribution in [-0.4, -0.2) is 16.4 Å². The molecule has 0 saturated heterocycles. The van der Waals surface area contributed by atoms with Crippen molar-refractivity contribution in [2.24, 2.45) is 5.92 Å². The third kappa shape index (κ3) is 11.9. The van der Waals surface area contributed by atoms with Crippen LogP contribution < -0.4 is 0 Å². The molecule has 0 amide bonds. The van der Waals surface area contributed by atoms with Crippen LogP contribution in [0.15, 0.2) is 0 Å². The molecule has 0 spiro atoms. The smallest absolute Gasteiger partial charge is 0.308 e. The van der Waals surface area contributed by atoms with E-state index in [1.807, 2.05) is 27.7 Å². The van der Waals surface area contributed by atoms with Crippen molar-refractivity contribution >= 4 is 32.4 Å². The van der Waals surface area contributed by atoms with Crippen molar-refractivity contribution in [3.63, 3.8) is 0 Å². The van der Waals surface area contributed by atoms with Gasteiger partial charge in [-0.1, -0.05) is 20.8 Å². The van der Waals surface area contributed by atoms with Gasteiger partial charge in [-0.15, -0.1) is 0 Å². The Morgan fingerprint density at radius 1 is 1.29 bits per heavy atom. The molecule has 84 valence electrons. The Bertz CT molecular complexity index is 169. The Labute approximate surface area is 99.7 Å². The summed E-state index contributed by atoms with van der Waals surface area (Å²) in [5.74, 6) is -0.0232. The summed E-state index contributed by atoms with van der Waals surface area (Å²) in [6.07, 6.45) is 1.51. The van der Waals surface area contributed by atoms with Gasteiger partial charge in [0.15, 0.2) is 3.79 Å². The van der Waals surface area contributed by atoms with Gasteiger partial charge in [-0.05, 0) is 35.9 Å². The Balaban J connectivity index is 0. The highest BCUT2D eigenvalue weighted by molar-refractivity contribution is 14.1. The largest absolute Gasteiger partial charge is 0.466 e. The van der Waals surface area contributed by atoms with E-state index < -0.39 is 0 Å². The zero-order valence-corrected chi connectivity index (χ0v) is 11.5. The molecule has 0 aliphatic rings. The van der Waals surface area contributed by atoms with Crippen LogP contribution in [0.1, 0.15) is 40.5 Å². The Hall–Kier alpha value is -0.130. The van der Waals surface area contributed by atoms with Crippen molar-refractivity contribution in [2.75, 3.05) is 6.61 Å². The van der Waals surface area contributed by atoms with E-state index in [4.69, 9.17) is 4.74 Å². The molecule has 3 nitrogen and oxygen atoms in total. The van der Waals surface area contributed by atoms with Crippen molar-refractivity contribution in [2.45, 2.75) is 40.5 Å². The number of rotatable bonds is 4. The van der Waals surface area contributed by atoms with E-state index >= 15 is 0 Å². The number of hydrogen-bond acceptors (Lipinski definition) is 3. The molecule has 0 aromatic heterocycles. The number of ether oxygens (including phenoxy) is 1. The molecule has 0 saturated carbocycles. The number of carbonyl (C=O) groups is 2. The summed E-state index contributed by atoms with van der Waals surface area (Å²) < 4.78 is 4.98. The molecule has 14 heavy (non-hydrogen) atoms. The summed E-state index contributed by atoms with van der Waals surface area (Å²) in [4.78, 5) is 20.6. The lowest BCUT2D eigenvalue weighted by atomic mass is 10.1. The first-order valence-corrected chi connectivity index (χ1v) is 5.92. The zero-order valence-electron chi connectivity index (χ0n) is 9.30. The minimum atomic E-state index is -0.0833. The van der Waals surface area contributed by atoms with Crippen molar-refractivity contribution in [3.05, 3.63) is 0 Å². The number of esters is 1. The quantitative estimate of drug-likeness (QED) is 0.455. The van der Waals surface area contributed by atoms with E-state index in [9.17, 15) is 9.59 Å². The molecule has 0 aliphatic heterocycles. The Kier molecular flexibility index (Phi) is 12.8. The highest BCUT2D eigenvalue weighted by atomic mass is 127. The third-order valence-corrected chi connectivity index (χ3v) is 2.34. The Morgan fingerprint density at radius 3 is 1.93 bits per heavy atom. The molecule has 0 heterocycles. The van der Waals surface area contributed by atoms with Crippen LogP contribution in [0.5, 0.6) is 0 Å². The summed E-state index contributed by atoms with van der Waals surface area (Å²) in [5, 5.41) is 0. The topological polar surface area (TPSA) is 43.4 Å². The molecule has 0 rings (SSSR count). The van der Waals surface area contributed by atoms with Gasteiger partial charge in [0, 0.05) is 6.42 Å². The summed E-state index contributed by atoms with van der Waals surface area (Å²) in [6.45, 7) is 8.00. The first-order valence-electron chi connectivity index (χ1n) is 4.84. The van der Waals surface area contributed by atoms with Gasteiger partial charge in [-0.3, -0.25) is 9.59 Å². The molecular formula is C10H19IO3. The predicted molar refractivity (Wildman–Crippen MR) is 65.4 cm³/mol. The lowest BCUT2D eigenvalue weighted by molar-refractivity contribution is -0.147. The SMILES string of the molecule is CCC(=O)I.CCOC(=O)C(C)CC. The molecule has 0 aliphatic carbocycles. The van der Waals surface area contributed by atoms with E-state index in [-0.39, 0.29) is 15.7 Å². The highest BCUT2D eigenvalue weighted by Gasteiger charge is 2.09. The first-order chi connectivity index (χ1) is 6.49. The lowest BCUT2D eigenvalue weighted by Crippen LogP contribution is -2.13. The molecule has 0 aromatic rings. The van der Waals surface area contributed by atoms with E-state index in [2.05, 4.69) is 0 Å². The summed E-state index contributed by atoms with van der Waals surface area (Å²) in [7, 11) is 0. The minimum absolute atomic E-state index is 0.0601. The maximum Gasteiger partial charge on any atom is 0.308 e. The average Bonchev–Trinajstić information content (AvgIpc) is 2.17. The van der Waals surface area contributed by atoms with E-state index in [0.29, 0.717) is 13.0 Å². The molecule has 0 radical (unpaired) electrons. The van der Waals surface area contributed by atoms with Gasteiger partial charge >= 0.3 is 5.97 Å². The molecule has 0 bridgehead atoms. The second kappa shape index (κ2) is 10.9. The van der Waals surface area contributed by atoms with Crippen LogP contribution in [0, 0.1) is 5.92 Å². The zero-order chi connectivity index (χ0) is 11.6. The fourth-order valence-corrected chi connectivity index (χ4v) is 0.451. The second-order valence-electron chi connectivity index (χ2n) is 2.77. The molecule has 0 fully saturated rings. The van der Waals surface area contributed by atoms with E-state index in [1.54, 1.807) is 22.6 Å². The van der Waals surface area contributed by atoms with Crippen molar-refractivity contribution < 1.29 is 14.3 Å². The minimum Gasteiger partial charge on any atom is -0.466 e. The fraction of sp³-hybridized carbons (Fsp3) is 0.800. The molecule has 1 unspecified atom stereocenters. The fourth-order valence-electron chi connectivity index (χ4n) is 0.451. The van der Waals surface area contributed by atoms with Crippen LogP contribution in [0.25, 0.3) is 0 Å². The second-order valence-corrected chi connectivity index (χ2v) is 3.97. The number of halogens is 1. The van der Waals surface area contributed by atoms with E-state index in [0.717, 1.165) is 6.42 Å². The van der Waals surface area contributed by atoms with Crippen LogP contribution in [-0.2, 0) is 14.3 Å². The number of hydrogen-bond donors (Lipinski definition) is 0. The van der Waals surface area contributed by atoms with Crippen LogP contribution in [0.2, 0.25) is 0 Å². The summed E-state index contributed by atoms with van der Waals surface area (Å²) in [6, 6.07) is 0. The maximum atomic E-state index is 10.8. The van der Waals surface area contributed by atoms with Crippen molar-refractivity contribution in [1.82, 2.24) is 0 Å². The van der Waals surface area contributed by atoms with Gasteiger partial charge in [0.05, 0.1) is 12.5 Å². The first kappa shape index (κ1) is 16.3. The molecule has 0 aromatic carbocycles. The molecule has 4 heteroatoms. The summed E-state index contributed by atoms with van der Waals surface area (Å²) in [5.41, 5.74) is 0. The monoisotopic (exact) mass is 314 g/mol. The normalized spacial score (nSPS) is 10.9.